The van der Waals surface area contributed by atoms with Crippen LogP contribution in [0, 0.1) is 11.3 Å². The van der Waals surface area contributed by atoms with Gasteiger partial charge >= 0.3 is 5.97 Å². The third-order valence-corrected chi connectivity index (χ3v) is 6.27. The number of hydrogen-bond donors (Lipinski definition) is 1. The Bertz CT molecular complexity index is 1740. The smallest absolute Gasteiger partial charge is 0.337 e. The van der Waals surface area contributed by atoms with Gasteiger partial charge in [-0.15, -0.1) is 0 Å². The zero-order valence-electron chi connectivity index (χ0n) is 18.2. The number of benzene rings is 1. The molecular weight excluding hydrogens is 472 g/mol. The minimum absolute atomic E-state index is 0.140. The Kier molecular flexibility index (Phi) is 5.68. The van der Waals surface area contributed by atoms with E-state index in [1.54, 1.807) is 12.1 Å². The Morgan fingerprint density at radius 1 is 1.26 bits per heavy atom. The van der Waals surface area contributed by atoms with Gasteiger partial charge in [-0.25, -0.2) is 19.3 Å². The van der Waals surface area contributed by atoms with E-state index in [2.05, 4.69) is 15.1 Å². The van der Waals surface area contributed by atoms with Crippen molar-refractivity contribution >= 4 is 34.3 Å². The Labute approximate surface area is 200 Å². The van der Waals surface area contributed by atoms with E-state index < -0.39 is 5.97 Å². The number of furan rings is 1. The SMILES string of the molecule is COC(=O)c1ccc2c(=O)n(Cc3ccco3)c(SCc3cc(=O)n4[nH]cc(C#N)c4n3)nc2c1. The molecule has 12 heteroatoms. The number of fused-ring (bicyclic) bond motifs is 2. The van der Waals surface area contributed by atoms with Crippen LogP contribution in [0.5, 0.6) is 0 Å². The first-order chi connectivity index (χ1) is 17.0. The maximum absolute atomic E-state index is 13.4. The van der Waals surface area contributed by atoms with E-state index >= 15 is 0 Å². The molecule has 1 aromatic carbocycles. The summed E-state index contributed by atoms with van der Waals surface area (Å²) >= 11 is 1.19. The molecule has 0 spiro atoms. The first-order valence-corrected chi connectivity index (χ1v) is 11.3. The molecule has 4 aromatic heterocycles. The van der Waals surface area contributed by atoms with Crippen LogP contribution in [-0.2, 0) is 17.0 Å². The zero-order valence-corrected chi connectivity index (χ0v) is 19.0. The summed E-state index contributed by atoms with van der Waals surface area (Å²) in [5.74, 6) is 0.222. The molecule has 11 nitrogen and oxygen atoms in total. The van der Waals surface area contributed by atoms with Crippen molar-refractivity contribution in [2.75, 3.05) is 7.11 Å². The lowest BCUT2D eigenvalue weighted by Gasteiger charge is -2.12. The lowest BCUT2D eigenvalue weighted by molar-refractivity contribution is 0.0601. The Hall–Kier alpha value is -4.63. The number of esters is 1. The molecule has 0 atom stereocenters. The fourth-order valence-electron chi connectivity index (χ4n) is 3.58. The number of methoxy groups -OCH3 is 1. The maximum Gasteiger partial charge on any atom is 0.337 e. The van der Waals surface area contributed by atoms with Gasteiger partial charge in [0.2, 0.25) is 0 Å². The number of aromatic nitrogens is 5. The number of hydrogen-bond acceptors (Lipinski definition) is 9. The highest BCUT2D eigenvalue weighted by Gasteiger charge is 2.17. The summed E-state index contributed by atoms with van der Waals surface area (Å²) in [5.41, 5.74) is 0.791. The Morgan fingerprint density at radius 2 is 2.11 bits per heavy atom. The van der Waals surface area contributed by atoms with E-state index in [9.17, 15) is 19.6 Å². The van der Waals surface area contributed by atoms with Gasteiger partial charge in [-0.3, -0.25) is 19.3 Å². The van der Waals surface area contributed by atoms with Crippen LogP contribution in [0.2, 0.25) is 0 Å². The van der Waals surface area contributed by atoms with Crippen molar-refractivity contribution in [3.8, 4) is 6.07 Å². The Morgan fingerprint density at radius 3 is 2.86 bits per heavy atom. The summed E-state index contributed by atoms with van der Waals surface area (Å²) < 4.78 is 12.8. The minimum Gasteiger partial charge on any atom is -0.467 e. The second-order valence-electron chi connectivity index (χ2n) is 7.42. The van der Waals surface area contributed by atoms with Crippen LogP contribution in [0.4, 0.5) is 0 Å². The summed E-state index contributed by atoms with van der Waals surface area (Å²) in [4.78, 5) is 46.8. The number of carbonyl (C=O) groups is 1. The topological polar surface area (TPSA) is 148 Å². The highest BCUT2D eigenvalue weighted by atomic mass is 32.2. The molecule has 0 radical (unpaired) electrons. The molecule has 5 aromatic rings. The van der Waals surface area contributed by atoms with Gasteiger partial charge in [0.05, 0.1) is 42.1 Å². The predicted octanol–water partition coefficient (Wildman–Crippen LogP) is 2.32. The number of ether oxygens (including phenoxy) is 1. The number of nitriles is 1. The van der Waals surface area contributed by atoms with E-state index in [4.69, 9.17) is 9.15 Å². The molecule has 0 saturated heterocycles. The molecule has 0 saturated carbocycles. The highest BCUT2D eigenvalue weighted by molar-refractivity contribution is 7.98. The van der Waals surface area contributed by atoms with Gasteiger partial charge in [-0.2, -0.15) is 5.26 Å². The molecule has 0 aliphatic carbocycles. The average molecular weight is 488 g/mol. The number of nitrogens with zero attached hydrogens (tertiary/aromatic N) is 5. The fraction of sp³-hybridized carbons (Fsp3) is 0.130. The van der Waals surface area contributed by atoms with E-state index in [1.807, 2.05) is 6.07 Å². The molecule has 0 amide bonds. The van der Waals surface area contributed by atoms with Crippen molar-refractivity contribution in [3.63, 3.8) is 0 Å². The second-order valence-corrected chi connectivity index (χ2v) is 8.36. The monoisotopic (exact) mass is 488 g/mol. The van der Waals surface area contributed by atoms with Crippen LogP contribution >= 0.6 is 11.8 Å². The molecule has 174 valence electrons. The van der Waals surface area contributed by atoms with Crippen molar-refractivity contribution in [3.05, 3.63) is 92.1 Å². The number of rotatable bonds is 6. The summed E-state index contributed by atoms with van der Waals surface area (Å²) in [6.07, 6.45) is 2.92. The van der Waals surface area contributed by atoms with Gasteiger partial charge in [-0.1, -0.05) is 11.8 Å². The summed E-state index contributed by atoms with van der Waals surface area (Å²) in [6, 6.07) is 11.4. The molecule has 5 rings (SSSR count). The molecular formula is C23H16N6O5S. The summed E-state index contributed by atoms with van der Waals surface area (Å²) in [6.45, 7) is 0.140. The maximum atomic E-state index is 13.4. The van der Waals surface area contributed by atoms with Crippen molar-refractivity contribution in [2.45, 2.75) is 17.5 Å². The summed E-state index contributed by atoms with van der Waals surface area (Å²) in [5, 5.41) is 12.6. The molecule has 0 aliphatic rings. The molecule has 0 bridgehead atoms. The lowest BCUT2D eigenvalue weighted by Crippen LogP contribution is -2.24. The van der Waals surface area contributed by atoms with Crippen molar-refractivity contribution in [1.29, 1.82) is 5.26 Å². The standard InChI is InChI=1S/C23H16N6O5S/c1-33-22(32)13-4-5-17-18(7-13)27-23(28(21(17)31)11-16-3-2-6-34-16)35-12-15-8-19(30)29-20(26-15)14(9-24)10-25-29/h2-8,10,25H,11-12H2,1H3. The third-order valence-electron chi connectivity index (χ3n) is 5.26. The van der Waals surface area contributed by atoms with Crippen LogP contribution in [0.25, 0.3) is 16.6 Å². The highest BCUT2D eigenvalue weighted by Crippen LogP contribution is 2.23. The lowest BCUT2D eigenvalue weighted by atomic mass is 10.1. The van der Waals surface area contributed by atoms with Crippen molar-refractivity contribution in [2.24, 2.45) is 0 Å². The summed E-state index contributed by atoms with van der Waals surface area (Å²) in [7, 11) is 1.27. The number of H-pyrrole nitrogens is 1. The van der Waals surface area contributed by atoms with Crippen LogP contribution < -0.4 is 11.1 Å². The zero-order chi connectivity index (χ0) is 24.5. The van der Waals surface area contributed by atoms with Gasteiger partial charge < -0.3 is 9.15 Å². The van der Waals surface area contributed by atoms with Gasteiger partial charge in [0.1, 0.15) is 17.4 Å². The minimum atomic E-state index is -0.541. The number of nitrogens with one attached hydrogen (secondary N) is 1. The van der Waals surface area contributed by atoms with E-state index in [0.29, 0.717) is 27.5 Å². The van der Waals surface area contributed by atoms with Crippen LogP contribution in [-0.4, -0.2) is 37.2 Å². The molecule has 0 unspecified atom stereocenters. The van der Waals surface area contributed by atoms with Crippen molar-refractivity contribution in [1.82, 2.24) is 24.1 Å². The van der Waals surface area contributed by atoms with Gasteiger partial charge in [0.15, 0.2) is 10.8 Å². The first-order valence-electron chi connectivity index (χ1n) is 10.3. The third kappa shape index (κ3) is 4.09. The molecule has 4 heterocycles. The van der Waals surface area contributed by atoms with Gasteiger partial charge in [0, 0.05) is 18.0 Å². The number of thioether (sulfide) groups is 1. The average Bonchev–Trinajstić information content (AvgIpc) is 3.53. The van der Waals surface area contributed by atoms with E-state index in [0.717, 1.165) is 0 Å². The number of carbonyl (C=O) groups excluding carboxylic acids is 1. The van der Waals surface area contributed by atoms with Gasteiger partial charge in [-0.05, 0) is 30.3 Å². The van der Waals surface area contributed by atoms with Crippen LogP contribution in [0.15, 0.2) is 68.0 Å². The fourth-order valence-corrected chi connectivity index (χ4v) is 4.47. The number of aromatic amines is 1. The van der Waals surface area contributed by atoms with Crippen LogP contribution in [0.1, 0.15) is 27.4 Å². The van der Waals surface area contributed by atoms with E-state index in [-0.39, 0.29) is 40.2 Å². The van der Waals surface area contributed by atoms with Crippen LogP contribution in [0.3, 0.4) is 0 Å². The Balaban J connectivity index is 1.58. The van der Waals surface area contributed by atoms with E-state index in [1.165, 1.54) is 64.7 Å². The first kappa shape index (κ1) is 22.2. The molecule has 1 N–H and O–H groups in total. The molecule has 0 fully saturated rings. The predicted molar refractivity (Wildman–Crippen MR) is 125 cm³/mol. The molecule has 0 aliphatic heterocycles. The normalized spacial score (nSPS) is 11.1. The second kappa shape index (κ2) is 8.96. The van der Waals surface area contributed by atoms with Gasteiger partial charge in [0.25, 0.3) is 11.1 Å². The van der Waals surface area contributed by atoms with Crippen molar-refractivity contribution < 1.29 is 13.9 Å². The largest absolute Gasteiger partial charge is 0.467 e. The quantitative estimate of drug-likeness (QED) is 0.216. The molecule has 35 heavy (non-hydrogen) atoms.